The lowest BCUT2D eigenvalue weighted by molar-refractivity contribution is 0.370. The minimum atomic E-state index is 0.262. The van der Waals surface area contributed by atoms with E-state index >= 15 is 0 Å². The Balaban J connectivity index is 1.91. The van der Waals surface area contributed by atoms with Crippen molar-refractivity contribution in [2.75, 3.05) is 6.61 Å². The first-order valence-electron chi connectivity index (χ1n) is 5.70. The predicted octanol–water partition coefficient (Wildman–Crippen LogP) is 2.03. The Hall–Kier alpha value is -2.87. The second kappa shape index (κ2) is 4.78. The Morgan fingerprint density at radius 2 is 1.95 bits per heavy atom. The third-order valence-corrected chi connectivity index (χ3v) is 2.58. The van der Waals surface area contributed by atoms with Gasteiger partial charge in [-0.2, -0.15) is 0 Å². The number of nitrogens with zero attached hydrogens (tertiary/aromatic N) is 3. The Morgan fingerprint density at radius 1 is 1.16 bits per heavy atom. The number of aromatic nitrogens is 4. The quantitative estimate of drug-likeness (QED) is 0.722. The third-order valence-electron chi connectivity index (χ3n) is 2.58. The Bertz CT molecular complexity index is 707. The molecule has 0 amide bonds. The normalized spacial score (nSPS) is 10.3. The van der Waals surface area contributed by atoms with Crippen LogP contribution in [0.3, 0.4) is 0 Å². The van der Waals surface area contributed by atoms with Gasteiger partial charge >= 0.3 is 0 Å². The van der Waals surface area contributed by atoms with Crippen molar-refractivity contribution < 1.29 is 4.74 Å². The van der Waals surface area contributed by atoms with Crippen LogP contribution in [-0.4, -0.2) is 26.5 Å². The summed E-state index contributed by atoms with van der Waals surface area (Å²) in [5, 5.41) is 0. The van der Waals surface area contributed by atoms with Crippen LogP contribution < -0.4 is 4.74 Å². The summed E-state index contributed by atoms with van der Waals surface area (Å²) >= 11 is 0. The van der Waals surface area contributed by atoms with E-state index in [9.17, 15) is 0 Å². The van der Waals surface area contributed by atoms with Crippen molar-refractivity contribution >= 4 is 11.3 Å². The van der Waals surface area contributed by atoms with Gasteiger partial charge in [0.25, 0.3) is 0 Å². The summed E-state index contributed by atoms with van der Waals surface area (Å²) in [4.78, 5) is 15.8. The van der Waals surface area contributed by atoms with Gasteiger partial charge in [0, 0.05) is 18.0 Å². The molecule has 0 fully saturated rings. The number of rotatable bonds is 3. The summed E-state index contributed by atoms with van der Waals surface area (Å²) < 4.78 is 5.31. The van der Waals surface area contributed by atoms with Crippen LogP contribution in [0.2, 0.25) is 0 Å². The predicted molar refractivity (Wildman–Crippen MR) is 71.4 cm³/mol. The fraction of sp³-hybridized carbons (Fsp3) is 0.0714. The highest BCUT2D eigenvalue weighted by Gasteiger charge is 2.06. The number of imidazole rings is 1. The van der Waals surface area contributed by atoms with Crippen LogP contribution >= 0.6 is 0 Å². The van der Waals surface area contributed by atoms with Crippen molar-refractivity contribution in [3.05, 3.63) is 36.7 Å². The van der Waals surface area contributed by atoms with Gasteiger partial charge in [0.2, 0.25) is 0 Å². The van der Waals surface area contributed by atoms with E-state index in [1.54, 1.807) is 12.4 Å². The molecule has 1 N–H and O–H groups in total. The number of nitrogens with one attached hydrogen (secondary N) is 1. The molecule has 0 saturated heterocycles. The van der Waals surface area contributed by atoms with Gasteiger partial charge in [-0.05, 0) is 24.3 Å². The number of H-pyrrole nitrogens is 1. The number of terminal acetylenes is 1. The number of hydrogen-bond acceptors (Lipinski definition) is 4. The van der Waals surface area contributed by atoms with Gasteiger partial charge in [0.15, 0.2) is 11.3 Å². The van der Waals surface area contributed by atoms with Crippen LogP contribution in [0.5, 0.6) is 5.75 Å². The van der Waals surface area contributed by atoms with Gasteiger partial charge in [-0.1, -0.05) is 5.92 Å². The van der Waals surface area contributed by atoms with E-state index in [1.807, 2.05) is 24.3 Å². The summed E-state index contributed by atoms with van der Waals surface area (Å²) in [6.07, 6.45) is 8.38. The van der Waals surface area contributed by atoms with Crippen molar-refractivity contribution in [2.24, 2.45) is 0 Å². The first-order valence-corrected chi connectivity index (χ1v) is 5.70. The minimum Gasteiger partial charge on any atom is -0.481 e. The van der Waals surface area contributed by atoms with E-state index < -0.39 is 0 Å². The molecule has 0 radical (unpaired) electrons. The molecular formula is C14H10N4O. The monoisotopic (exact) mass is 250 g/mol. The van der Waals surface area contributed by atoms with Gasteiger partial charge in [0.1, 0.15) is 18.2 Å². The molecule has 2 heterocycles. The molecule has 0 atom stereocenters. The maximum atomic E-state index is 5.31. The van der Waals surface area contributed by atoms with Crippen molar-refractivity contribution in [3.63, 3.8) is 0 Å². The van der Waals surface area contributed by atoms with E-state index in [0.717, 1.165) is 17.1 Å². The highest BCUT2D eigenvalue weighted by atomic mass is 16.5. The number of aromatic amines is 1. The molecule has 19 heavy (non-hydrogen) atoms. The molecule has 0 saturated carbocycles. The fourth-order valence-corrected chi connectivity index (χ4v) is 1.72. The van der Waals surface area contributed by atoms with E-state index in [0.29, 0.717) is 11.3 Å². The summed E-state index contributed by atoms with van der Waals surface area (Å²) in [6.45, 7) is 0.262. The molecule has 2 aromatic heterocycles. The Labute approximate surface area is 109 Å². The third kappa shape index (κ3) is 2.24. The average molecular weight is 250 g/mol. The molecule has 0 aliphatic rings. The topological polar surface area (TPSA) is 63.7 Å². The van der Waals surface area contributed by atoms with Crippen LogP contribution in [0, 0.1) is 12.3 Å². The molecule has 0 spiro atoms. The van der Waals surface area contributed by atoms with Crippen molar-refractivity contribution in [3.8, 4) is 29.5 Å². The first-order chi connectivity index (χ1) is 9.36. The zero-order chi connectivity index (χ0) is 13.1. The van der Waals surface area contributed by atoms with Crippen LogP contribution in [0.4, 0.5) is 0 Å². The molecule has 5 heteroatoms. The zero-order valence-corrected chi connectivity index (χ0v) is 10.00. The molecule has 5 nitrogen and oxygen atoms in total. The molecule has 0 bridgehead atoms. The molecular weight excluding hydrogens is 240 g/mol. The van der Waals surface area contributed by atoms with Crippen LogP contribution in [-0.2, 0) is 0 Å². The number of benzene rings is 1. The molecule has 0 aliphatic heterocycles. The lowest BCUT2D eigenvalue weighted by Crippen LogP contribution is -1.92. The minimum absolute atomic E-state index is 0.262. The molecule has 3 aromatic rings. The van der Waals surface area contributed by atoms with Crippen LogP contribution in [0.25, 0.3) is 22.7 Å². The van der Waals surface area contributed by atoms with Gasteiger partial charge in [-0.15, -0.1) is 6.42 Å². The van der Waals surface area contributed by atoms with Gasteiger partial charge in [0.05, 0.1) is 0 Å². The average Bonchev–Trinajstić information content (AvgIpc) is 2.89. The Kier molecular flexibility index (Phi) is 2.83. The number of ether oxygens (including phenoxy) is 1. The Morgan fingerprint density at radius 3 is 2.68 bits per heavy atom. The van der Waals surface area contributed by atoms with Crippen molar-refractivity contribution in [2.45, 2.75) is 0 Å². The van der Waals surface area contributed by atoms with Gasteiger partial charge in [-0.25, -0.2) is 15.0 Å². The molecule has 0 unspecified atom stereocenters. The molecule has 1 aromatic carbocycles. The molecule has 92 valence electrons. The van der Waals surface area contributed by atoms with E-state index in [4.69, 9.17) is 11.2 Å². The first kappa shape index (κ1) is 11.2. The zero-order valence-electron chi connectivity index (χ0n) is 10.00. The van der Waals surface area contributed by atoms with E-state index in [2.05, 4.69) is 25.9 Å². The fourth-order valence-electron chi connectivity index (χ4n) is 1.72. The van der Waals surface area contributed by atoms with Crippen LogP contribution in [0.15, 0.2) is 36.7 Å². The molecule has 3 rings (SSSR count). The highest BCUT2D eigenvalue weighted by molar-refractivity contribution is 5.71. The largest absolute Gasteiger partial charge is 0.481 e. The van der Waals surface area contributed by atoms with E-state index in [-0.39, 0.29) is 6.61 Å². The van der Waals surface area contributed by atoms with Crippen LogP contribution in [0.1, 0.15) is 0 Å². The number of hydrogen-bond donors (Lipinski definition) is 1. The second-order valence-corrected chi connectivity index (χ2v) is 3.83. The maximum Gasteiger partial charge on any atom is 0.197 e. The lowest BCUT2D eigenvalue weighted by Gasteiger charge is -2.02. The maximum absolute atomic E-state index is 5.31. The molecule has 0 aliphatic carbocycles. The van der Waals surface area contributed by atoms with Gasteiger partial charge < -0.3 is 9.72 Å². The summed E-state index contributed by atoms with van der Waals surface area (Å²) in [7, 11) is 0. The van der Waals surface area contributed by atoms with Gasteiger partial charge in [-0.3, -0.25) is 0 Å². The second-order valence-electron chi connectivity index (χ2n) is 3.83. The lowest BCUT2D eigenvalue weighted by atomic mass is 10.2. The van der Waals surface area contributed by atoms with Crippen molar-refractivity contribution in [1.29, 1.82) is 0 Å². The summed E-state index contributed by atoms with van der Waals surface area (Å²) in [6, 6.07) is 7.51. The van der Waals surface area contributed by atoms with E-state index in [1.165, 1.54) is 0 Å². The highest BCUT2D eigenvalue weighted by Crippen LogP contribution is 2.21. The standard InChI is InChI=1S/C14H10N4O/c1-2-9-19-11-5-3-10(4-6-11)12-17-13-14(18-12)16-8-7-15-13/h1,3-8H,9H2,(H,15,16,17,18). The smallest absolute Gasteiger partial charge is 0.197 e. The number of fused-ring (bicyclic) bond motifs is 1. The SMILES string of the molecule is C#CCOc1ccc(-c2nc3nccnc3[nH]2)cc1. The summed E-state index contributed by atoms with van der Waals surface area (Å²) in [5.41, 5.74) is 2.21. The van der Waals surface area contributed by atoms with Crippen molar-refractivity contribution in [1.82, 2.24) is 19.9 Å². The summed E-state index contributed by atoms with van der Waals surface area (Å²) in [5.74, 6) is 3.88.